The maximum Gasteiger partial charge on any atom is 0.312 e. The zero-order valence-corrected chi connectivity index (χ0v) is 7.37. The second-order valence-corrected chi connectivity index (χ2v) is 2.77. The lowest BCUT2D eigenvalue weighted by Crippen LogP contribution is -2.24. The molecule has 1 rings (SSSR count). The zero-order valence-electron chi connectivity index (χ0n) is 7.37. The summed E-state index contributed by atoms with van der Waals surface area (Å²) in [4.78, 5) is 10.6. The fourth-order valence-corrected chi connectivity index (χ4v) is 1.35. The first-order valence-corrected chi connectivity index (χ1v) is 4.17. The van der Waals surface area contributed by atoms with Crippen LogP contribution in [0.15, 0.2) is 0 Å². The molecule has 0 aromatic rings. The Kier molecular flexibility index (Phi) is 2.69. The number of hydrogen-bond donors (Lipinski definition) is 1. The second-order valence-electron chi connectivity index (χ2n) is 2.77. The standard InChI is InChI=1S/C8H14O4/c1-3-11-8(12-4-2)5-6(8)7(9)10/h6H,3-5H2,1-2H3,(H,9,10)/t6-/m0/s1. The van der Waals surface area contributed by atoms with E-state index in [1.165, 1.54) is 0 Å². The van der Waals surface area contributed by atoms with Gasteiger partial charge in [-0.2, -0.15) is 0 Å². The maximum atomic E-state index is 10.6. The highest BCUT2D eigenvalue weighted by atomic mass is 16.7. The van der Waals surface area contributed by atoms with Gasteiger partial charge < -0.3 is 14.6 Å². The van der Waals surface area contributed by atoms with Crippen LogP contribution in [0.25, 0.3) is 0 Å². The van der Waals surface area contributed by atoms with Crippen LogP contribution in [0.5, 0.6) is 0 Å². The van der Waals surface area contributed by atoms with E-state index in [4.69, 9.17) is 14.6 Å². The molecule has 0 bridgehead atoms. The Morgan fingerprint density at radius 1 is 1.50 bits per heavy atom. The quantitative estimate of drug-likeness (QED) is 0.628. The molecule has 1 fully saturated rings. The molecule has 1 aliphatic carbocycles. The minimum absolute atomic E-state index is 0.475. The van der Waals surface area contributed by atoms with E-state index in [0.717, 1.165) is 0 Å². The van der Waals surface area contributed by atoms with E-state index in [1.807, 2.05) is 13.8 Å². The van der Waals surface area contributed by atoms with Crippen LogP contribution < -0.4 is 0 Å². The van der Waals surface area contributed by atoms with Crippen molar-refractivity contribution in [1.29, 1.82) is 0 Å². The summed E-state index contributed by atoms with van der Waals surface area (Å²) in [5.74, 6) is -2.12. The summed E-state index contributed by atoms with van der Waals surface area (Å²) in [5, 5.41) is 8.68. The largest absolute Gasteiger partial charge is 0.481 e. The predicted molar refractivity (Wildman–Crippen MR) is 41.7 cm³/mol. The molecule has 4 nitrogen and oxygen atoms in total. The van der Waals surface area contributed by atoms with Gasteiger partial charge in [-0.15, -0.1) is 0 Å². The average molecular weight is 174 g/mol. The van der Waals surface area contributed by atoms with Crippen LogP contribution in [0.3, 0.4) is 0 Å². The van der Waals surface area contributed by atoms with Crippen molar-refractivity contribution < 1.29 is 19.4 Å². The van der Waals surface area contributed by atoms with Gasteiger partial charge in [-0.3, -0.25) is 4.79 Å². The first-order valence-electron chi connectivity index (χ1n) is 4.17. The van der Waals surface area contributed by atoms with Crippen molar-refractivity contribution in [3.8, 4) is 0 Å². The third-order valence-electron chi connectivity index (χ3n) is 1.93. The van der Waals surface area contributed by atoms with Crippen molar-refractivity contribution in [1.82, 2.24) is 0 Å². The predicted octanol–water partition coefficient (Wildman–Crippen LogP) is 0.860. The molecule has 1 N–H and O–H groups in total. The monoisotopic (exact) mass is 174 g/mol. The Bertz CT molecular complexity index is 172. The van der Waals surface area contributed by atoms with Gasteiger partial charge in [0.2, 0.25) is 0 Å². The molecule has 0 aromatic heterocycles. The zero-order chi connectivity index (χ0) is 9.19. The van der Waals surface area contributed by atoms with Crippen LogP contribution in [0.1, 0.15) is 20.3 Å². The van der Waals surface area contributed by atoms with Gasteiger partial charge in [-0.1, -0.05) is 0 Å². The highest BCUT2D eigenvalue weighted by Crippen LogP contribution is 2.47. The van der Waals surface area contributed by atoms with Gasteiger partial charge in [0, 0.05) is 19.6 Å². The lowest BCUT2D eigenvalue weighted by atomic mass is 10.4. The third kappa shape index (κ3) is 1.59. The molecule has 4 heteroatoms. The Balaban J connectivity index is 2.49. The molecule has 12 heavy (non-hydrogen) atoms. The van der Waals surface area contributed by atoms with E-state index in [1.54, 1.807) is 0 Å². The van der Waals surface area contributed by atoms with Gasteiger partial charge in [0.1, 0.15) is 5.92 Å². The molecule has 0 radical (unpaired) electrons. The fraction of sp³-hybridized carbons (Fsp3) is 0.875. The lowest BCUT2D eigenvalue weighted by molar-refractivity contribution is -0.179. The Morgan fingerprint density at radius 2 is 2.00 bits per heavy atom. The van der Waals surface area contributed by atoms with Gasteiger partial charge in [0.25, 0.3) is 0 Å². The number of carbonyl (C=O) groups is 1. The fourth-order valence-electron chi connectivity index (χ4n) is 1.35. The molecule has 0 unspecified atom stereocenters. The molecular formula is C8H14O4. The first-order chi connectivity index (χ1) is 5.66. The smallest absolute Gasteiger partial charge is 0.312 e. The summed E-state index contributed by atoms with van der Waals surface area (Å²) < 4.78 is 10.5. The number of carboxylic acids is 1. The second kappa shape index (κ2) is 3.41. The van der Waals surface area contributed by atoms with E-state index >= 15 is 0 Å². The van der Waals surface area contributed by atoms with Crippen LogP contribution in [0.2, 0.25) is 0 Å². The lowest BCUT2D eigenvalue weighted by Gasteiger charge is -2.15. The molecule has 0 heterocycles. The van der Waals surface area contributed by atoms with Crippen molar-refractivity contribution in [2.45, 2.75) is 26.1 Å². The molecule has 0 amide bonds. The molecule has 0 aliphatic heterocycles. The SMILES string of the molecule is CCOC1(OCC)C[C@H]1C(=O)O. The van der Waals surface area contributed by atoms with Gasteiger partial charge in [-0.05, 0) is 13.8 Å². The van der Waals surface area contributed by atoms with E-state index < -0.39 is 17.7 Å². The summed E-state index contributed by atoms with van der Waals surface area (Å²) in [6.45, 7) is 4.64. The van der Waals surface area contributed by atoms with E-state index in [-0.39, 0.29) is 0 Å². The van der Waals surface area contributed by atoms with Crippen LogP contribution in [-0.2, 0) is 14.3 Å². The number of ether oxygens (including phenoxy) is 2. The molecule has 1 aliphatic rings. The average Bonchev–Trinajstić information content (AvgIpc) is 2.65. The molecule has 0 saturated heterocycles. The number of rotatable bonds is 5. The molecule has 0 aromatic carbocycles. The Morgan fingerprint density at radius 3 is 2.25 bits per heavy atom. The van der Waals surface area contributed by atoms with E-state index in [2.05, 4.69) is 0 Å². The summed E-state index contributed by atoms with van der Waals surface area (Å²) >= 11 is 0. The molecule has 0 spiro atoms. The third-order valence-corrected chi connectivity index (χ3v) is 1.93. The molecule has 70 valence electrons. The van der Waals surface area contributed by atoms with Gasteiger partial charge in [-0.25, -0.2) is 0 Å². The minimum atomic E-state index is -0.836. The highest BCUT2D eigenvalue weighted by Gasteiger charge is 2.61. The van der Waals surface area contributed by atoms with Crippen molar-refractivity contribution in [3.05, 3.63) is 0 Å². The van der Waals surface area contributed by atoms with Gasteiger partial charge in [0.15, 0.2) is 5.79 Å². The minimum Gasteiger partial charge on any atom is -0.481 e. The van der Waals surface area contributed by atoms with Crippen molar-refractivity contribution >= 4 is 5.97 Å². The van der Waals surface area contributed by atoms with Crippen LogP contribution >= 0.6 is 0 Å². The molecule has 1 atom stereocenters. The van der Waals surface area contributed by atoms with Crippen LogP contribution in [0.4, 0.5) is 0 Å². The Labute approximate surface area is 71.5 Å². The Hall–Kier alpha value is -0.610. The van der Waals surface area contributed by atoms with E-state index in [9.17, 15) is 4.79 Å². The summed E-state index contributed by atoms with van der Waals surface area (Å²) in [5.41, 5.74) is 0. The maximum absolute atomic E-state index is 10.6. The number of hydrogen-bond acceptors (Lipinski definition) is 3. The number of carboxylic acid groups (broad SMARTS) is 1. The van der Waals surface area contributed by atoms with Crippen molar-refractivity contribution in [2.24, 2.45) is 5.92 Å². The first kappa shape index (κ1) is 9.48. The topological polar surface area (TPSA) is 55.8 Å². The normalized spacial score (nSPS) is 25.3. The van der Waals surface area contributed by atoms with Crippen molar-refractivity contribution in [3.63, 3.8) is 0 Å². The van der Waals surface area contributed by atoms with Crippen LogP contribution in [0, 0.1) is 5.92 Å². The van der Waals surface area contributed by atoms with Crippen molar-refractivity contribution in [2.75, 3.05) is 13.2 Å². The summed E-state index contributed by atoms with van der Waals surface area (Å²) in [7, 11) is 0. The van der Waals surface area contributed by atoms with Gasteiger partial charge >= 0.3 is 5.97 Å². The summed E-state index contributed by atoms with van der Waals surface area (Å²) in [6.07, 6.45) is 0.476. The van der Waals surface area contributed by atoms with Gasteiger partial charge in [0.05, 0.1) is 0 Å². The molecule has 1 saturated carbocycles. The molecular weight excluding hydrogens is 160 g/mol. The highest BCUT2D eigenvalue weighted by molar-refractivity contribution is 5.75. The summed E-state index contributed by atoms with van der Waals surface area (Å²) in [6, 6.07) is 0. The van der Waals surface area contributed by atoms with E-state index in [0.29, 0.717) is 19.6 Å². The number of aliphatic carboxylic acids is 1. The van der Waals surface area contributed by atoms with Crippen LogP contribution in [-0.4, -0.2) is 30.1 Å².